The normalized spacial score (nSPS) is 15.5. The maximum absolute atomic E-state index is 12.2. The highest BCUT2D eigenvalue weighted by molar-refractivity contribution is 6.02. The van der Waals surface area contributed by atoms with Crippen molar-refractivity contribution in [3.05, 3.63) is 42.3 Å². The number of para-hydroxylation sites is 2. The van der Waals surface area contributed by atoms with Crippen LogP contribution in [0, 0.1) is 0 Å². The lowest BCUT2D eigenvalue weighted by molar-refractivity contribution is 0.101. The second-order valence-electron chi connectivity index (χ2n) is 5.57. The summed E-state index contributed by atoms with van der Waals surface area (Å²) in [5.41, 5.74) is 2.21. The molecule has 0 spiro atoms. The van der Waals surface area contributed by atoms with Crippen LogP contribution in [0.25, 0.3) is 11.0 Å². The number of amides is 1. The molecule has 0 aliphatic heterocycles. The molecular weight excluding hydrogens is 280 g/mol. The van der Waals surface area contributed by atoms with Crippen molar-refractivity contribution < 1.29 is 9.32 Å². The van der Waals surface area contributed by atoms with Gasteiger partial charge in [-0.2, -0.15) is 0 Å². The molecule has 1 fully saturated rings. The van der Waals surface area contributed by atoms with Gasteiger partial charge in [0.2, 0.25) is 5.95 Å². The van der Waals surface area contributed by atoms with Crippen molar-refractivity contribution in [2.75, 3.05) is 5.32 Å². The lowest BCUT2D eigenvalue weighted by atomic mass is 10.2. The Kier molecular flexibility index (Phi) is 3.14. The smallest absolute Gasteiger partial charge is 0.280 e. The molecule has 1 amide bonds. The van der Waals surface area contributed by atoms with Gasteiger partial charge in [-0.1, -0.05) is 30.1 Å². The molecule has 0 atom stereocenters. The topological polar surface area (TPSA) is 73.0 Å². The highest BCUT2D eigenvalue weighted by atomic mass is 16.5. The molecule has 1 aliphatic rings. The minimum atomic E-state index is -0.302. The summed E-state index contributed by atoms with van der Waals surface area (Å²) in [6, 6.07) is 9.90. The third-order valence-corrected chi connectivity index (χ3v) is 4.18. The molecule has 0 radical (unpaired) electrons. The Morgan fingerprint density at radius 2 is 2.05 bits per heavy atom. The maximum atomic E-state index is 12.2. The number of benzene rings is 1. The van der Waals surface area contributed by atoms with Gasteiger partial charge in [0.1, 0.15) is 6.26 Å². The summed E-state index contributed by atoms with van der Waals surface area (Å²) in [6.07, 6.45) is 6.05. The maximum Gasteiger partial charge on any atom is 0.280 e. The number of nitrogens with one attached hydrogen (secondary N) is 1. The fourth-order valence-corrected chi connectivity index (χ4v) is 3.16. The zero-order valence-corrected chi connectivity index (χ0v) is 12.0. The summed E-state index contributed by atoms with van der Waals surface area (Å²) < 4.78 is 6.88. The fraction of sp³-hybridized carbons (Fsp3) is 0.312. The predicted octanol–water partition coefficient (Wildman–Crippen LogP) is 3.39. The van der Waals surface area contributed by atoms with E-state index in [0.717, 1.165) is 23.9 Å². The van der Waals surface area contributed by atoms with E-state index in [9.17, 15) is 4.79 Å². The molecule has 1 saturated carbocycles. The van der Waals surface area contributed by atoms with Crippen LogP contribution in [0.1, 0.15) is 42.2 Å². The first kappa shape index (κ1) is 13.1. The van der Waals surface area contributed by atoms with Crippen LogP contribution in [0.15, 0.2) is 41.1 Å². The van der Waals surface area contributed by atoms with E-state index in [2.05, 4.69) is 20.0 Å². The number of fused-ring (bicyclic) bond motifs is 1. The van der Waals surface area contributed by atoms with E-state index in [0.29, 0.717) is 12.0 Å². The molecular formula is C16H16N4O2. The number of rotatable bonds is 3. The van der Waals surface area contributed by atoms with Gasteiger partial charge >= 0.3 is 0 Å². The lowest BCUT2D eigenvalue weighted by Gasteiger charge is -2.16. The first-order chi connectivity index (χ1) is 10.8. The molecule has 1 N–H and O–H groups in total. The van der Waals surface area contributed by atoms with Crippen LogP contribution < -0.4 is 5.32 Å². The van der Waals surface area contributed by atoms with Gasteiger partial charge in [0.15, 0.2) is 5.69 Å². The van der Waals surface area contributed by atoms with Gasteiger partial charge in [0.05, 0.1) is 11.0 Å². The number of nitrogens with zero attached hydrogens (tertiary/aromatic N) is 3. The van der Waals surface area contributed by atoms with Gasteiger partial charge in [-0.15, -0.1) is 0 Å². The van der Waals surface area contributed by atoms with Crippen molar-refractivity contribution in [3.63, 3.8) is 0 Å². The van der Waals surface area contributed by atoms with E-state index < -0.39 is 0 Å². The van der Waals surface area contributed by atoms with Gasteiger partial charge in [0.25, 0.3) is 5.91 Å². The van der Waals surface area contributed by atoms with Crippen LogP contribution in [0.5, 0.6) is 0 Å². The van der Waals surface area contributed by atoms with Crippen molar-refractivity contribution in [3.8, 4) is 0 Å². The summed E-state index contributed by atoms with van der Waals surface area (Å²) in [6.45, 7) is 0. The van der Waals surface area contributed by atoms with E-state index in [-0.39, 0.29) is 11.6 Å². The zero-order valence-electron chi connectivity index (χ0n) is 12.0. The third kappa shape index (κ3) is 2.16. The molecule has 4 rings (SSSR count). The van der Waals surface area contributed by atoms with E-state index in [1.807, 2.05) is 24.3 Å². The summed E-state index contributed by atoms with van der Waals surface area (Å²) in [7, 11) is 0. The second kappa shape index (κ2) is 5.29. The van der Waals surface area contributed by atoms with E-state index >= 15 is 0 Å². The lowest BCUT2D eigenvalue weighted by Crippen LogP contribution is -2.18. The number of anilines is 1. The number of hydrogen-bond acceptors (Lipinski definition) is 4. The fourth-order valence-electron chi connectivity index (χ4n) is 3.16. The van der Waals surface area contributed by atoms with Gasteiger partial charge in [-0.3, -0.25) is 10.1 Å². The number of carbonyl (C=O) groups excluding carboxylic acids is 1. The molecule has 6 nitrogen and oxygen atoms in total. The Labute approximate surface area is 127 Å². The zero-order chi connectivity index (χ0) is 14.9. The van der Waals surface area contributed by atoms with Crippen molar-refractivity contribution in [2.24, 2.45) is 0 Å². The molecule has 0 saturated heterocycles. The summed E-state index contributed by atoms with van der Waals surface area (Å²) in [5.74, 6) is 0.282. The van der Waals surface area contributed by atoms with Crippen LogP contribution >= 0.6 is 0 Å². The molecule has 2 aromatic heterocycles. The molecule has 1 aliphatic carbocycles. The summed E-state index contributed by atoms with van der Waals surface area (Å²) in [5, 5.41) is 6.54. The molecule has 6 heteroatoms. The van der Waals surface area contributed by atoms with Crippen molar-refractivity contribution >= 4 is 22.9 Å². The largest absolute Gasteiger partial charge is 0.364 e. The van der Waals surface area contributed by atoms with Crippen LogP contribution in [-0.4, -0.2) is 20.6 Å². The standard InChI is InChI=1S/C16H16N4O2/c21-15(13-9-10-22-19-13)18-16-17-12-7-3-4-8-14(12)20(16)11-5-1-2-6-11/h3-4,7-11H,1-2,5-6H2,(H,17,18,21). The predicted molar refractivity (Wildman–Crippen MR) is 81.7 cm³/mol. The monoisotopic (exact) mass is 296 g/mol. The van der Waals surface area contributed by atoms with E-state index in [4.69, 9.17) is 4.52 Å². The highest BCUT2D eigenvalue weighted by Gasteiger charge is 2.24. The van der Waals surface area contributed by atoms with Gasteiger partial charge in [-0.05, 0) is 25.0 Å². The van der Waals surface area contributed by atoms with Crippen LogP contribution in [0.4, 0.5) is 5.95 Å². The minimum absolute atomic E-state index is 0.255. The molecule has 1 aromatic carbocycles. The van der Waals surface area contributed by atoms with Crippen LogP contribution in [0.2, 0.25) is 0 Å². The van der Waals surface area contributed by atoms with Gasteiger partial charge in [-0.25, -0.2) is 4.98 Å². The summed E-state index contributed by atoms with van der Waals surface area (Å²) in [4.78, 5) is 16.8. The Morgan fingerprint density at radius 3 is 2.82 bits per heavy atom. The molecule has 112 valence electrons. The molecule has 3 aromatic rings. The second-order valence-corrected chi connectivity index (χ2v) is 5.57. The first-order valence-electron chi connectivity index (χ1n) is 7.51. The Balaban J connectivity index is 1.75. The Bertz CT molecular complexity index is 801. The summed E-state index contributed by atoms with van der Waals surface area (Å²) >= 11 is 0. The number of imidazole rings is 1. The van der Waals surface area contributed by atoms with Crippen LogP contribution in [0.3, 0.4) is 0 Å². The molecule has 22 heavy (non-hydrogen) atoms. The Morgan fingerprint density at radius 1 is 1.23 bits per heavy atom. The minimum Gasteiger partial charge on any atom is -0.364 e. The quantitative estimate of drug-likeness (QED) is 0.804. The SMILES string of the molecule is O=C(Nc1nc2ccccc2n1C1CCCC1)c1ccon1. The molecule has 2 heterocycles. The van der Waals surface area contributed by atoms with Crippen molar-refractivity contribution in [1.82, 2.24) is 14.7 Å². The molecule has 0 bridgehead atoms. The van der Waals surface area contributed by atoms with Gasteiger partial charge < -0.3 is 9.09 Å². The van der Waals surface area contributed by atoms with Crippen molar-refractivity contribution in [2.45, 2.75) is 31.7 Å². The molecule has 0 unspecified atom stereocenters. The van der Waals surface area contributed by atoms with Gasteiger partial charge in [0, 0.05) is 12.1 Å². The van der Waals surface area contributed by atoms with Crippen molar-refractivity contribution in [1.29, 1.82) is 0 Å². The Hall–Kier alpha value is -2.63. The van der Waals surface area contributed by atoms with E-state index in [1.54, 1.807) is 0 Å². The highest BCUT2D eigenvalue weighted by Crippen LogP contribution is 2.35. The average Bonchev–Trinajstić information content (AvgIpc) is 3.27. The van der Waals surface area contributed by atoms with Crippen LogP contribution in [-0.2, 0) is 0 Å². The first-order valence-corrected chi connectivity index (χ1v) is 7.51. The average molecular weight is 296 g/mol. The van der Waals surface area contributed by atoms with E-state index in [1.165, 1.54) is 25.2 Å². The third-order valence-electron chi connectivity index (χ3n) is 4.18. The number of carbonyl (C=O) groups is 1. The number of aromatic nitrogens is 3. The number of hydrogen-bond donors (Lipinski definition) is 1.